The van der Waals surface area contributed by atoms with Crippen LogP contribution in [0.4, 0.5) is 0 Å². The number of hydrogen-bond donors (Lipinski definition) is 0. The lowest BCUT2D eigenvalue weighted by molar-refractivity contribution is -0.136. The molecular formula is C13H27NO. The average Bonchev–Trinajstić information content (AvgIpc) is 2.22. The first-order valence-electron chi connectivity index (χ1n) is 6.35. The van der Waals surface area contributed by atoms with Gasteiger partial charge in [-0.25, -0.2) is 0 Å². The van der Waals surface area contributed by atoms with Crippen LogP contribution in [-0.2, 0) is 4.79 Å². The zero-order valence-electron chi connectivity index (χ0n) is 11.0. The predicted octanol–water partition coefficient (Wildman–Crippen LogP) is 3.46. The molecule has 1 amide bonds. The van der Waals surface area contributed by atoms with Crippen molar-refractivity contribution < 1.29 is 4.79 Å². The molecule has 0 aromatic carbocycles. The third-order valence-corrected chi connectivity index (χ3v) is 2.90. The fourth-order valence-electron chi connectivity index (χ4n) is 1.63. The summed E-state index contributed by atoms with van der Waals surface area (Å²) in [6.45, 7) is 11.4. The summed E-state index contributed by atoms with van der Waals surface area (Å²) in [5.41, 5.74) is 0. The number of hydrogen-bond acceptors (Lipinski definition) is 1. The third kappa shape index (κ3) is 5.19. The van der Waals surface area contributed by atoms with E-state index in [0.29, 0.717) is 11.9 Å². The second-order valence-electron chi connectivity index (χ2n) is 4.65. The SMILES string of the molecule is CCCCCN(C(=O)C(C)C)C(C)CC. The Labute approximate surface area is 95.0 Å². The van der Waals surface area contributed by atoms with Gasteiger partial charge in [0, 0.05) is 18.5 Å². The van der Waals surface area contributed by atoms with Gasteiger partial charge in [0.15, 0.2) is 0 Å². The molecule has 15 heavy (non-hydrogen) atoms. The van der Waals surface area contributed by atoms with E-state index in [1.165, 1.54) is 12.8 Å². The van der Waals surface area contributed by atoms with Crippen molar-refractivity contribution in [3.05, 3.63) is 0 Å². The molecule has 0 N–H and O–H groups in total. The van der Waals surface area contributed by atoms with Crippen molar-refractivity contribution >= 4 is 5.91 Å². The average molecular weight is 213 g/mol. The molecule has 2 nitrogen and oxygen atoms in total. The van der Waals surface area contributed by atoms with E-state index >= 15 is 0 Å². The van der Waals surface area contributed by atoms with E-state index in [1.807, 2.05) is 13.8 Å². The molecule has 0 aliphatic heterocycles. The molecular weight excluding hydrogens is 186 g/mol. The Morgan fingerprint density at radius 2 is 1.73 bits per heavy atom. The predicted molar refractivity (Wildman–Crippen MR) is 65.8 cm³/mol. The number of carbonyl (C=O) groups is 1. The molecule has 1 unspecified atom stereocenters. The van der Waals surface area contributed by atoms with E-state index in [4.69, 9.17) is 0 Å². The van der Waals surface area contributed by atoms with Crippen LogP contribution >= 0.6 is 0 Å². The van der Waals surface area contributed by atoms with Gasteiger partial charge >= 0.3 is 0 Å². The van der Waals surface area contributed by atoms with Crippen molar-refractivity contribution in [3.63, 3.8) is 0 Å². The summed E-state index contributed by atoms with van der Waals surface area (Å²) in [6, 6.07) is 0.386. The van der Waals surface area contributed by atoms with Crippen molar-refractivity contribution in [2.75, 3.05) is 6.54 Å². The maximum atomic E-state index is 12.0. The van der Waals surface area contributed by atoms with Gasteiger partial charge in [0.25, 0.3) is 0 Å². The Morgan fingerprint density at radius 3 is 2.13 bits per heavy atom. The summed E-state index contributed by atoms with van der Waals surface area (Å²) in [4.78, 5) is 14.0. The van der Waals surface area contributed by atoms with Crippen LogP contribution in [0.1, 0.15) is 60.3 Å². The highest BCUT2D eigenvalue weighted by atomic mass is 16.2. The first-order chi connectivity index (χ1) is 7.04. The van der Waals surface area contributed by atoms with Crippen LogP contribution in [0.15, 0.2) is 0 Å². The summed E-state index contributed by atoms with van der Waals surface area (Å²) >= 11 is 0. The van der Waals surface area contributed by atoms with Crippen molar-refractivity contribution in [2.45, 2.75) is 66.3 Å². The van der Waals surface area contributed by atoms with Gasteiger partial charge in [0.05, 0.1) is 0 Å². The number of carbonyl (C=O) groups excluding carboxylic acids is 1. The highest BCUT2D eigenvalue weighted by Crippen LogP contribution is 2.11. The zero-order valence-corrected chi connectivity index (χ0v) is 11.0. The molecule has 0 aromatic rings. The van der Waals surface area contributed by atoms with Gasteiger partial charge in [-0.3, -0.25) is 4.79 Å². The van der Waals surface area contributed by atoms with Crippen molar-refractivity contribution in [2.24, 2.45) is 5.92 Å². The van der Waals surface area contributed by atoms with Gasteiger partial charge in [0.1, 0.15) is 0 Å². The molecule has 0 aliphatic rings. The van der Waals surface area contributed by atoms with Gasteiger partial charge in [-0.1, -0.05) is 40.5 Å². The van der Waals surface area contributed by atoms with Crippen LogP contribution in [-0.4, -0.2) is 23.4 Å². The maximum Gasteiger partial charge on any atom is 0.225 e. The van der Waals surface area contributed by atoms with Gasteiger partial charge in [0.2, 0.25) is 5.91 Å². The largest absolute Gasteiger partial charge is 0.340 e. The fourth-order valence-corrected chi connectivity index (χ4v) is 1.63. The second kappa shape index (κ2) is 7.72. The summed E-state index contributed by atoms with van der Waals surface area (Å²) in [5, 5.41) is 0. The molecule has 1 atom stereocenters. The van der Waals surface area contributed by atoms with Gasteiger partial charge in [-0.05, 0) is 19.8 Å². The molecule has 0 saturated carbocycles. The smallest absolute Gasteiger partial charge is 0.225 e. The molecule has 0 radical (unpaired) electrons. The quantitative estimate of drug-likeness (QED) is 0.593. The molecule has 0 aliphatic carbocycles. The number of rotatable bonds is 7. The molecule has 2 heteroatoms. The molecule has 0 spiro atoms. The minimum absolute atomic E-state index is 0.126. The summed E-state index contributed by atoms with van der Waals surface area (Å²) in [5.74, 6) is 0.432. The highest BCUT2D eigenvalue weighted by Gasteiger charge is 2.20. The summed E-state index contributed by atoms with van der Waals surface area (Å²) in [7, 11) is 0. The first kappa shape index (κ1) is 14.5. The molecule has 0 bridgehead atoms. The monoisotopic (exact) mass is 213 g/mol. The molecule has 90 valence electrons. The third-order valence-electron chi connectivity index (χ3n) is 2.90. The Hall–Kier alpha value is -0.530. The first-order valence-corrected chi connectivity index (χ1v) is 6.35. The van der Waals surface area contributed by atoms with Crippen molar-refractivity contribution in [1.29, 1.82) is 0 Å². The van der Waals surface area contributed by atoms with Crippen LogP contribution in [0.2, 0.25) is 0 Å². The van der Waals surface area contributed by atoms with Crippen LogP contribution in [0, 0.1) is 5.92 Å². The Bertz CT molecular complexity index is 177. The van der Waals surface area contributed by atoms with E-state index in [9.17, 15) is 4.79 Å². The standard InChI is InChI=1S/C13H27NO/c1-6-8-9-10-14(12(5)7-2)13(15)11(3)4/h11-12H,6-10H2,1-5H3. The molecule has 0 fully saturated rings. The van der Waals surface area contributed by atoms with Gasteiger partial charge < -0.3 is 4.90 Å². The van der Waals surface area contributed by atoms with Crippen molar-refractivity contribution in [1.82, 2.24) is 4.90 Å². The lowest BCUT2D eigenvalue weighted by Gasteiger charge is -2.30. The Morgan fingerprint density at radius 1 is 1.13 bits per heavy atom. The van der Waals surface area contributed by atoms with Gasteiger partial charge in [-0.15, -0.1) is 0 Å². The van der Waals surface area contributed by atoms with E-state index < -0.39 is 0 Å². The molecule has 0 heterocycles. The second-order valence-corrected chi connectivity index (χ2v) is 4.65. The van der Waals surface area contributed by atoms with E-state index in [1.54, 1.807) is 0 Å². The van der Waals surface area contributed by atoms with E-state index in [-0.39, 0.29) is 5.92 Å². The van der Waals surface area contributed by atoms with E-state index in [0.717, 1.165) is 19.4 Å². The lowest BCUT2D eigenvalue weighted by atomic mass is 10.1. The molecule has 0 rings (SSSR count). The summed E-state index contributed by atoms with van der Waals surface area (Å²) < 4.78 is 0. The van der Waals surface area contributed by atoms with Crippen LogP contribution in [0.25, 0.3) is 0 Å². The highest BCUT2D eigenvalue weighted by molar-refractivity contribution is 5.78. The maximum absolute atomic E-state index is 12.0. The Kier molecular flexibility index (Phi) is 7.45. The lowest BCUT2D eigenvalue weighted by Crippen LogP contribution is -2.41. The zero-order chi connectivity index (χ0) is 11.8. The molecule has 0 saturated heterocycles. The Balaban J connectivity index is 4.24. The number of nitrogens with zero attached hydrogens (tertiary/aromatic N) is 1. The van der Waals surface area contributed by atoms with Crippen LogP contribution in [0.5, 0.6) is 0 Å². The topological polar surface area (TPSA) is 20.3 Å². The molecule has 0 aromatic heterocycles. The summed E-state index contributed by atoms with van der Waals surface area (Å²) in [6.07, 6.45) is 4.62. The minimum atomic E-state index is 0.126. The number of amides is 1. The number of unbranched alkanes of at least 4 members (excludes halogenated alkanes) is 2. The van der Waals surface area contributed by atoms with Crippen LogP contribution < -0.4 is 0 Å². The van der Waals surface area contributed by atoms with Gasteiger partial charge in [-0.2, -0.15) is 0 Å². The van der Waals surface area contributed by atoms with Crippen LogP contribution in [0.3, 0.4) is 0 Å². The fraction of sp³-hybridized carbons (Fsp3) is 0.923. The normalized spacial score (nSPS) is 12.9. The van der Waals surface area contributed by atoms with E-state index in [2.05, 4.69) is 25.7 Å². The van der Waals surface area contributed by atoms with Crippen molar-refractivity contribution in [3.8, 4) is 0 Å². The minimum Gasteiger partial charge on any atom is -0.340 e.